The van der Waals surface area contributed by atoms with E-state index in [-0.39, 0.29) is 24.1 Å². The van der Waals surface area contributed by atoms with Crippen LogP contribution in [-0.4, -0.2) is 17.1 Å². The largest absolute Gasteiger partial charge is 0.325 e. The monoisotopic (exact) mass is 325 g/mol. The molecule has 0 amide bonds. The van der Waals surface area contributed by atoms with Crippen molar-refractivity contribution in [3.8, 4) is 0 Å². The van der Waals surface area contributed by atoms with Gasteiger partial charge in [-0.05, 0) is 26.0 Å². The molecule has 1 aromatic rings. The predicted octanol–water partition coefficient (Wildman–Crippen LogP) is 4.06. The second-order valence-electron chi connectivity index (χ2n) is 4.81. The van der Waals surface area contributed by atoms with E-state index in [0.29, 0.717) is 21.4 Å². The van der Waals surface area contributed by atoms with Gasteiger partial charge < -0.3 is 5.73 Å². The third-order valence-corrected chi connectivity index (χ3v) is 4.74. The standard InChI is InChI=1S/C12H13Cl2NOS.ClH/c1-12(2,15)8-5-17-11-7(10(8)16)3-6(13)4-9(11)14;/h3-4,8H,5,15H2,1-2H3;1H. The third-order valence-electron chi connectivity index (χ3n) is 2.88. The van der Waals surface area contributed by atoms with Gasteiger partial charge in [-0.2, -0.15) is 0 Å². The molecule has 0 saturated carbocycles. The fraction of sp³-hybridized carbons (Fsp3) is 0.417. The Labute approximate surface area is 127 Å². The van der Waals surface area contributed by atoms with Gasteiger partial charge in [0.15, 0.2) is 5.78 Å². The molecule has 1 atom stereocenters. The first kappa shape index (κ1) is 16.1. The molecule has 18 heavy (non-hydrogen) atoms. The first-order valence-corrected chi connectivity index (χ1v) is 7.00. The van der Waals surface area contributed by atoms with E-state index in [4.69, 9.17) is 28.9 Å². The average Bonchev–Trinajstić information content (AvgIpc) is 2.17. The van der Waals surface area contributed by atoms with Crippen LogP contribution < -0.4 is 5.73 Å². The molecule has 0 aromatic heterocycles. The van der Waals surface area contributed by atoms with Gasteiger partial charge in [0, 0.05) is 32.7 Å². The van der Waals surface area contributed by atoms with E-state index in [1.807, 2.05) is 13.8 Å². The Morgan fingerprint density at radius 1 is 1.39 bits per heavy atom. The smallest absolute Gasteiger partial charge is 0.169 e. The fourth-order valence-electron chi connectivity index (χ4n) is 1.87. The third kappa shape index (κ3) is 2.97. The summed E-state index contributed by atoms with van der Waals surface area (Å²) < 4.78 is 0. The molecule has 2 nitrogen and oxygen atoms in total. The summed E-state index contributed by atoms with van der Waals surface area (Å²) in [6.07, 6.45) is 0. The first-order valence-electron chi connectivity index (χ1n) is 5.25. The summed E-state index contributed by atoms with van der Waals surface area (Å²) in [4.78, 5) is 13.2. The minimum Gasteiger partial charge on any atom is -0.325 e. The Balaban J connectivity index is 0.00000162. The second kappa shape index (κ2) is 5.59. The summed E-state index contributed by atoms with van der Waals surface area (Å²) >= 11 is 13.6. The van der Waals surface area contributed by atoms with E-state index in [1.165, 1.54) is 0 Å². The van der Waals surface area contributed by atoms with Crippen molar-refractivity contribution < 1.29 is 4.79 Å². The summed E-state index contributed by atoms with van der Waals surface area (Å²) in [5.41, 5.74) is 6.10. The van der Waals surface area contributed by atoms with Crippen molar-refractivity contribution >= 4 is 53.2 Å². The number of benzene rings is 1. The summed E-state index contributed by atoms with van der Waals surface area (Å²) in [5.74, 6) is 0.502. The Hall–Kier alpha value is 0.0700. The molecule has 1 aliphatic heterocycles. The number of nitrogens with two attached hydrogens (primary N) is 1. The Kier molecular flexibility index (Phi) is 5.01. The van der Waals surface area contributed by atoms with Crippen molar-refractivity contribution in [3.63, 3.8) is 0 Å². The van der Waals surface area contributed by atoms with Crippen molar-refractivity contribution in [2.75, 3.05) is 5.75 Å². The summed E-state index contributed by atoms with van der Waals surface area (Å²) in [5, 5.41) is 1.03. The molecule has 1 aromatic carbocycles. The predicted molar refractivity (Wildman–Crippen MR) is 80.5 cm³/mol. The molecule has 0 bridgehead atoms. The number of hydrogen-bond acceptors (Lipinski definition) is 3. The summed E-state index contributed by atoms with van der Waals surface area (Å²) in [6, 6.07) is 3.34. The molecule has 0 saturated heterocycles. The fourth-order valence-corrected chi connectivity index (χ4v) is 3.96. The number of Topliss-reactive ketones (excluding diaryl/α,β-unsaturated/α-hetero) is 1. The lowest BCUT2D eigenvalue weighted by molar-refractivity contribution is 0.0881. The molecule has 2 N–H and O–H groups in total. The zero-order valence-electron chi connectivity index (χ0n) is 10.00. The molecule has 1 unspecified atom stereocenters. The maximum atomic E-state index is 12.4. The Morgan fingerprint density at radius 3 is 2.56 bits per heavy atom. The van der Waals surface area contributed by atoms with Crippen molar-refractivity contribution in [2.45, 2.75) is 24.3 Å². The zero-order valence-corrected chi connectivity index (χ0v) is 13.1. The number of hydrogen-bond donors (Lipinski definition) is 1. The number of fused-ring (bicyclic) bond motifs is 1. The van der Waals surface area contributed by atoms with Crippen LogP contribution in [0.1, 0.15) is 24.2 Å². The molecule has 100 valence electrons. The molecular weight excluding hydrogens is 313 g/mol. The number of halogens is 3. The van der Waals surface area contributed by atoms with Gasteiger partial charge in [0.1, 0.15) is 0 Å². The maximum absolute atomic E-state index is 12.4. The highest BCUT2D eigenvalue weighted by molar-refractivity contribution is 7.99. The normalized spacial score (nSPS) is 19.2. The van der Waals surface area contributed by atoms with Crippen LogP contribution >= 0.6 is 47.4 Å². The van der Waals surface area contributed by atoms with Crippen LogP contribution in [0.3, 0.4) is 0 Å². The second-order valence-corrected chi connectivity index (χ2v) is 6.69. The minimum atomic E-state index is -0.531. The number of carbonyl (C=O) groups is 1. The van der Waals surface area contributed by atoms with Crippen molar-refractivity contribution in [1.82, 2.24) is 0 Å². The molecule has 0 spiro atoms. The molecular formula is C12H14Cl3NOS. The van der Waals surface area contributed by atoms with Gasteiger partial charge in [-0.15, -0.1) is 24.2 Å². The van der Waals surface area contributed by atoms with Gasteiger partial charge in [0.2, 0.25) is 0 Å². The molecule has 0 radical (unpaired) electrons. The molecule has 6 heteroatoms. The minimum absolute atomic E-state index is 0. The number of ketones is 1. The average molecular weight is 327 g/mol. The Bertz CT molecular complexity index is 485. The van der Waals surface area contributed by atoms with Gasteiger partial charge in [-0.1, -0.05) is 23.2 Å². The molecule has 0 fully saturated rings. The molecule has 1 aliphatic rings. The van der Waals surface area contributed by atoms with E-state index < -0.39 is 5.54 Å². The van der Waals surface area contributed by atoms with E-state index in [0.717, 1.165) is 4.90 Å². The van der Waals surface area contributed by atoms with Gasteiger partial charge in [-0.25, -0.2) is 0 Å². The summed E-state index contributed by atoms with van der Waals surface area (Å²) in [7, 11) is 0. The lowest BCUT2D eigenvalue weighted by Gasteiger charge is -2.33. The number of thioether (sulfide) groups is 1. The SMILES string of the molecule is CC(C)(N)C1CSc2c(Cl)cc(Cl)cc2C1=O.Cl. The molecule has 2 rings (SSSR count). The van der Waals surface area contributed by atoms with Crippen molar-refractivity contribution in [2.24, 2.45) is 11.7 Å². The van der Waals surface area contributed by atoms with E-state index in [2.05, 4.69) is 0 Å². The van der Waals surface area contributed by atoms with Gasteiger partial charge in [0.25, 0.3) is 0 Å². The number of carbonyl (C=O) groups excluding carboxylic acids is 1. The highest BCUT2D eigenvalue weighted by Gasteiger charge is 2.37. The van der Waals surface area contributed by atoms with E-state index in [1.54, 1.807) is 23.9 Å². The van der Waals surface area contributed by atoms with Crippen LogP contribution in [0.15, 0.2) is 17.0 Å². The van der Waals surface area contributed by atoms with Gasteiger partial charge in [-0.3, -0.25) is 4.79 Å². The van der Waals surface area contributed by atoms with Crippen molar-refractivity contribution in [3.05, 3.63) is 27.7 Å². The maximum Gasteiger partial charge on any atom is 0.169 e. The van der Waals surface area contributed by atoms with Gasteiger partial charge >= 0.3 is 0 Å². The van der Waals surface area contributed by atoms with Crippen LogP contribution in [-0.2, 0) is 0 Å². The van der Waals surface area contributed by atoms with Crippen LogP contribution in [0, 0.1) is 5.92 Å². The van der Waals surface area contributed by atoms with Crippen LogP contribution in [0.4, 0.5) is 0 Å². The van der Waals surface area contributed by atoms with E-state index in [9.17, 15) is 4.79 Å². The van der Waals surface area contributed by atoms with E-state index >= 15 is 0 Å². The summed E-state index contributed by atoms with van der Waals surface area (Å²) in [6.45, 7) is 3.74. The molecule has 0 aliphatic carbocycles. The zero-order chi connectivity index (χ0) is 12.8. The van der Waals surface area contributed by atoms with Crippen molar-refractivity contribution in [1.29, 1.82) is 0 Å². The van der Waals surface area contributed by atoms with Crippen LogP contribution in [0.25, 0.3) is 0 Å². The lowest BCUT2D eigenvalue weighted by Crippen LogP contribution is -2.47. The number of rotatable bonds is 1. The molecule has 1 heterocycles. The first-order chi connectivity index (χ1) is 7.80. The van der Waals surface area contributed by atoms with Crippen LogP contribution in [0.5, 0.6) is 0 Å². The van der Waals surface area contributed by atoms with Gasteiger partial charge in [0.05, 0.1) is 5.02 Å². The topological polar surface area (TPSA) is 43.1 Å². The Morgan fingerprint density at radius 2 is 2.00 bits per heavy atom. The highest BCUT2D eigenvalue weighted by atomic mass is 35.5. The highest BCUT2D eigenvalue weighted by Crippen LogP contribution is 2.41. The quantitative estimate of drug-likeness (QED) is 0.846. The lowest BCUT2D eigenvalue weighted by atomic mass is 9.83. The van der Waals surface area contributed by atoms with Crippen LogP contribution in [0.2, 0.25) is 10.0 Å².